The fourth-order valence-corrected chi connectivity index (χ4v) is 1.81. The van der Waals surface area contributed by atoms with Crippen LogP contribution in [0.25, 0.3) is 0 Å². The molecule has 0 radical (unpaired) electrons. The highest BCUT2D eigenvalue weighted by molar-refractivity contribution is 4.83. The minimum Gasteiger partial charge on any atom is -0.359 e. The van der Waals surface area contributed by atoms with Crippen LogP contribution >= 0.6 is 0 Å². The number of nitrogens with one attached hydrogen (secondary N) is 1. The Morgan fingerprint density at radius 2 is 2.27 bits per heavy atom. The van der Waals surface area contributed by atoms with E-state index in [1.165, 1.54) is 0 Å². The largest absolute Gasteiger partial charge is 0.359 e. The Morgan fingerprint density at radius 1 is 1.64 bits per heavy atom. The molecule has 1 aliphatic rings. The van der Waals surface area contributed by atoms with Crippen molar-refractivity contribution in [3.63, 3.8) is 0 Å². The Labute approximate surface area is 69.3 Å². The second kappa shape index (κ2) is 3.11. The van der Waals surface area contributed by atoms with Gasteiger partial charge < -0.3 is 4.74 Å². The standard InChI is InChI=1S/C9H19NO/c1-7(2)5-9(4)10-8(3)6-11-9/h7-8,10H,5-6H2,1-4H3/t8-,9+/m1/s1. The third-order valence-corrected chi connectivity index (χ3v) is 2.00. The first-order valence-corrected chi connectivity index (χ1v) is 4.43. The number of hydrogen-bond donors (Lipinski definition) is 1. The summed E-state index contributed by atoms with van der Waals surface area (Å²) in [5.74, 6) is 0.692. The molecule has 0 spiro atoms. The molecule has 0 aromatic carbocycles. The maximum absolute atomic E-state index is 5.65. The molecule has 11 heavy (non-hydrogen) atoms. The van der Waals surface area contributed by atoms with Crippen molar-refractivity contribution in [2.45, 2.75) is 45.9 Å². The zero-order chi connectivity index (χ0) is 8.48. The van der Waals surface area contributed by atoms with Gasteiger partial charge in [0.25, 0.3) is 0 Å². The first-order chi connectivity index (χ1) is 5.02. The van der Waals surface area contributed by atoms with Crippen molar-refractivity contribution in [2.24, 2.45) is 5.92 Å². The minimum absolute atomic E-state index is 0.0619. The van der Waals surface area contributed by atoms with Gasteiger partial charge in [-0.05, 0) is 26.2 Å². The molecule has 0 unspecified atom stereocenters. The Bertz CT molecular complexity index is 136. The number of rotatable bonds is 2. The minimum atomic E-state index is -0.0619. The van der Waals surface area contributed by atoms with Crippen LogP contribution in [0, 0.1) is 5.92 Å². The van der Waals surface area contributed by atoms with Crippen LogP contribution in [-0.2, 0) is 4.74 Å². The molecule has 1 N–H and O–H groups in total. The molecule has 66 valence electrons. The maximum atomic E-state index is 5.65. The highest BCUT2D eigenvalue weighted by Crippen LogP contribution is 2.23. The third-order valence-electron chi connectivity index (χ3n) is 2.00. The summed E-state index contributed by atoms with van der Waals surface area (Å²) in [5, 5.41) is 3.44. The van der Waals surface area contributed by atoms with E-state index in [1.807, 2.05) is 0 Å². The van der Waals surface area contributed by atoms with E-state index >= 15 is 0 Å². The highest BCUT2D eigenvalue weighted by atomic mass is 16.5. The van der Waals surface area contributed by atoms with Gasteiger partial charge in [0.1, 0.15) is 5.72 Å². The molecule has 2 atom stereocenters. The lowest BCUT2D eigenvalue weighted by molar-refractivity contribution is -0.00997. The Hall–Kier alpha value is -0.0800. The van der Waals surface area contributed by atoms with Gasteiger partial charge in [0.15, 0.2) is 0 Å². The zero-order valence-corrected chi connectivity index (χ0v) is 7.98. The second-order valence-electron chi connectivity index (χ2n) is 4.19. The van der Waals surface area contributed by atoms with E-state index in [9.17, 15) is 0 Å². The van der Waals surface area contributed by atoms with Crippen molar-refractivity contribution >= 4 is 0 Å². The lowest BCUT2D eigenvalue weighted by Gasteiger charge is -2.25. The van der Waals surface area contributed by atoms with Gasteiger partial charge in [-0.15, -0.1) is 0 Å². The van der Waals surface area contributed by atoms with Crippen LogP contribution in [0.2, 0.25) is 0 Å². The fraction of sp³-hybridized carbons (Fsp3) is 1.00. The zero-order valence-electron chi connectivity index (χ0n) is 7.98. The van der Waals surface area contributed by atoms with Crippen molar-refractivity contribution in [2.75, 3.05) is 6.61 Å². The van der Waals surface area contributed by atoms with Gasteiger partial charge in [-0.3, -0.25) is 5.32 Å². The maximum Gasteiger partial charge on any atom is 0.116 e. The van der Waals surface area contributed by atoms with Crippen LogP contribution in [0.1, 0.15) is 34.1 Å². The summed E-state index contributed by atoms with van der Waals surface area (Å²) >= 11 is 0. The van der Waals surface area contributed by atoms with Gasteiger partial charge in [0.2, 0.25) is 0 Å². The molecule has 1 aliphatic heterocycles. The average Bonchev–Trinajstić information content (AvgIpc) is 2.08. The molecule has 0 amide bonds. The third kappa shape index (κ3) is 2.46. The van der Waals surface area contributed by atoms with E-state index < -0.39 is 0 Å². The van der Waals surface area contributed by atoms with E-state index in [0.717, 1.165) is 13.0 Å². The van der Waals surface area contributed by atoms with Gasteiger partial charge in [-0.2, -0.15) is 0 Å². The molecule has 1 saturated heterocycles. The lowest BCUT2D eigenvalue weighted by Crippen LogP contribution is -2.41. The SMILES string of the molecule is CC(C)C[C@@]1(C)N[C@H](C)CO1. The van der Waals surface area contributed by atoms with E-state index in [4.69, 9.17) is 4.74 Å². The smallest absolute Gasteiger partial charge is 0.116 e. The van der Waals surface area contributed by atoms with Gasteiger partial charge >= 0.3 is 0 Å². The molecule has 1 rings (SSSR count). The van der Waals surface area contributed by atoms with E-state index in [-0.39, 0.29) is 5.72 Å². The molecule has 2 nitrogen and oxygen atoms in total. The Kier molecular flexibility index (Phi) is 2.55. The molecule has 2 heteroatoms. The molecular formula is C9H19NO. The highest BCUT2D eigenvalue weighted by Gasteiger charge is 2.33. The molecular weight excluding hydrogens is 138 g/mol. The normalized spacial score (nSPS) is 38.5. The summed E-state index contributed by atoms with van der Waals surface area (Å²) in [4.78, 5) is 0. The summed E-state index contributed by atoms with van der Waals surface area (Å²) in [6.07, 6.45) is 1.09. The predicted molar refractivity (Wildman–Crippen MR) is 46.4 cm³/mol. The van der Waals surface area contributed by atoms with E-state index in [0.29, 0.717) is 12.0 Å². The summed E-state index contributed by atoms with van der Waals surface area (Å²) in [6.45, 7) is 9.59. The number of ether oxygens (including phenoxy) is 1. The van der Waals surface area contributed by atoms with Crippen LogP contribution in [0.5, 0.6) is 0 Å². The predicted octanol–water partition coefficient (Wildman–Crippen LogP) is 1.76. The van der Waals surface area contributed by atoms with Gasteiger partial charge in [-0.25, -0.2) is 0 Å². The molecule has 1 fully saturated rings. The van der Waals surface area contributed by atoms with Crippen molar-refractivity contribution < 1.29 is 4.74 Å². The molecule has 0 aliphatic carbocycles. The quantitative estimate of drug-likeness (QED) is 0.659. The first kappa shape index (κ1) is 9.01. The molecule has 0 aromatic rings. The van der Waals surface area contributed by atoms with Crippen LogP contribution in [0.15, 0.2) is 0 Å². The average molecular weight is 157 g/mol. The Balaban J connectivity index is 2.42. The fourth-order valence-electron chi connectivity index (χ4n) is 1.81. The van der Waals surface area contributed by atoms with Crippen LogP contribution in [0.4, 0.5) is 0 Å². The molecule has 1 heterocycles. The summed E-state index contributed by atoms with van der Waals surface area (Å²) in [5.41, 5.74) is -0.0619. The van der Waals surface area contributed by atoms with Crippen molar-refractivity contribution in [3.8, 4) is 0 Å². The first-order valence-electron chi connectivity index (χ1n) is 4.43. The van der Waals surface area contributed by atoms with Gasteiger partial charge in [0.05, 0.1) is 6.61 Å². The van der Waals surface area contributed by atoms with Gasteiger partial charge in [-0.1, -0.05) is 13.8 Å². The van der Waals surface area contributed by atoms with E-state index in [2.05, 4.69) is 33.0 Å². The van der Waals surface area contributed by atoms with Crippen molar-refractivity contribution in [3.05, 3.63) is 0 Å². The second-order valence-corrected chi connectivity index (χ2v) is 4.19. The number of hydrogen-bond acceptors (Lipinski definition) is 2. The summed E-state index contributed by atoms with van der Waals surface area (Å²) in [6, 6.07) is 0.513. The summed E-state index contributed by atoms with van der Waals surface area (Å²) in [7, 11) is 0. The van der Waals surface area contributed by atoms with Crippen LogP contribution in [-0.4, -0.2) is 18.4 Å². The lowest BCUT2D eigenvalue weighted by atomic mass is 10.0. The molecule has 0 bridgehead atoms. The van der Waals surface area contributed by atoms with Crippen molar-refractivity contribution in [1.29, 1.82) is 0 Å². The molecule has 0 saturated carbocycles. The van der Waals surface area contributed by atoms with E-state index in [1.54, 1.807) is 0 Å². The molecule has 0 aromatic heterocycles. The Morgan fingerprint density at radius 3 is 2.64 bits per heavy atom. The van der Waals surface area contributed by atoms with Crippen LogP contribution in [0.3, 0.4) is 0 Å². The monoisotopic (exact) mass is 157 g/mol. The topological polar surface area (TPSA) is 21.3 Å². The van der Waals surface area contributed by atoms with Crippen LogP contribution < -0.4 is 5.32 Å². The van der Waals surface area contributed by atoms with Crippen molar-refractivity contribution in [1.82, 2.24) is 5.32 Å². The van der Waals surface area contributed by atoms with Gasteiger partial charge in [0, 0.05) is 6.04 Å². The summed E-state index contributed by atoms with van der Waals surface area (Å²) < 4.78 is 5.65.